The van der Waals surface area contributed by atoms with E-state index in [0.717, 1.165) is 11.3 Å². The molecule has 1 aromatic carbocycles. The number of amides is 1. The molecule has 2 aliphatic carbocycles. The van der Waals surface area contributed by atoms with Gasteiger partial charge in [-0.1, -0.05) is 37.3 Å². The predicted molar refractivity (Wildman–Crippen MR) is 88.5 cm³/mol. The van der Waals surface area contributed by atoms with Crippen LogP contribution in [0, 0.1) is 5.92 Å². The molecule has 1 aliphatic heterocycles. The number of aliphatic hydroxyl groups is 1. The summed E-state index contributed by atoms with van der Waals surface area (Å²) in [5.41, 5.74) is 0.582. The van der Waals surface area contributed by atoms with Crippen molar-refractivity contribution in [2.45, 2.75) is 56.8 Å². The van der Waals surface area contributed by atoms with E-state index >= 15 is 0 Å². The largest absolute Gasteiger partial charge is 0.443 e. The SMILES string of the molecule is CC(C)(C)OC(=O)N1c2ccccc2[C@@]2(C)C3C=CC[C@@H](O)[C@]312. The maximum absolute atomic E-state index is 13.0. The van der Waals surface area contributed by atoms with E-state index in [1.807, 2.05) is 45.0 Å². The standard InChI is InChI=1S/C19H23NO3/c1-17(2,3)23-16(22)20-13-9-6-5-8-12(13)18(4)14-10-7-11-15(21)19(14,18)20/h5-10,14-15,21H,11H2,1-4H3/t14?,15-,18+,19+/m1/s1. The monoisotopic (exact) mass is 313 g/mol. The van der Waals surface area contributed by atoms with Crippen molar-refractivity contribution in [2.24, 2.45) is 5.92 Å². The Bertz CT molecular complexity index is 720. The van der Waals surface area contributed by atoms with Gasteiger partial charge in [-0.3, -0.25) is 4.90 Å². The van der Waals surface area contributed by atoms with E-state index in [0.29, 0.717) is 6.42 Å². The molecule has 0 radical (unpaired) electrons. The number of hydrogen-bond acceptors (Lipinski definition) is 3. The molecule has 1 unspecified atom stereocenters. The lowest BCUT2D eigenvalue weighted by Crippen LogP contribution is -2.53. The highest BCUT2D eigenvalue weighted by Gasteiger charge is 2.84. The molecule has 0 saturated heterocycles. The summed E-state index contributed by atoms with van der Waals surface area (Å²) in [7, 11) is 0. The zero-order chi connectivity index (χ0) is 16.6. The van der Waals surface area contributed by atoms with Gasteiger partial charge in [0.15, 0.2) is 0 Å². The van der Waals surface area contributed by atoms with Gasteiger partial charge in [0, 0.05) is 11.3 Å². The van der Waals surface area contributed by atoms with Crippen LogP contribution >= 0.6 is 0 Å². The Morgan fingerprint density at radius 1 is 1.35 bits per heavy atom. The van der Waals surface area contributed by atoms with Crippen LogP contribution in [0.4, 0.5) is 10.5 Å². The number of anilines is 1. The number of para-hydroxylation sites is 1. The molecule has 1 amide bonds. The summed E-state index contributed by atoms with van der Waals surface area (Å²) in [5.74, 6) is 0.140. The molecule has 1 spiro atoms. The number of carbonyl (C=O) groups is 1. The number of aliphatic hydroxyl groups excluding tert-OH is 1. The number of carbonyl (C=O) groups excluding carboxylic acids is 1. The minimum absolute atomic E-state index is 0.140. The molecule has 1 heterocycles. The molecule has 1 saturated carbocycles. The summed E-state index contributed by atoms with van der Waals surface area (Å²) in [4.78, 5) is 14.7. The Labute approximate surface area is 136 Å². The summed E-state index contributed by atoms with van der Waals surface area (Å²) in [6.45, 7) is 7.75. The van der Waals surface area contributed by atoms with E-state index in [1.165, 1.54) is 0 Å². The van der Waals surface area contributed by atoms with Gasteiger partial charge in [-0.25, -0.2) is 4.79 Å². The Hall–Kier alpha value is -1.81. The molecule has 4 rings (SSSR count). The summed E-state index contributed by atoms with van der Waals surface area (Å²) >= 11 is 0. The average Bonchev–Trinajstić information content (AvgIpc) is 2.92. The third-order valence-electron chi connectivity index (χ3n) is 5.69. The lowest BCUT2D eigenvalue weighted by atomic mass is 9.92. The van der Waals surface area contributed by atoms with Crippen molar-refractivity contribution in [1.29, 1.82) is 0 Å². The first-order valence-corrected chi connectivity index (χ1v) is 8.22. The molecule has 122 valence electrons. The van der Waals surface area contributed by atoms with Gasteiger partial charge in [-0.15, -0.1) is 0 Å². The van der Waals surface area contributed by atoms with Crippen LogP contribution in [0.2, 0.25) is 0 Å². The number of rotatable bonds is 0. The number of fused-ring (bicyclic) bond motifs is 3. The van der Waals surface area contributed by atoms with Crippen molar-refractivity contribution in [1.82, 2.24) is 0 Å². The van der Waals surface area contributed by atoms with Crippen LogP contribution in [0.3, 0.4) is 0 Å². The molecule has 1 fully saturated rings. The van der Waals surface area contributed by atoms with Gasteiger partial charge in [-0.2, -0.15) is 0 Å². The van der Waals surface area contributed by atoms with Gasteiger partial charge in [0.25, 0.3) is 0 Å². The Balaban J connectivity index is 1.87. The van der Waals surface area contributed by atoms with Crippen molar-refractivity contribution < 1.29 is 14.6 Å². The quantitative estimate of drug-likeness (QED) is 0.747. The lowest BCUT2D eigenvalue weighted by molar-refractivity contribution is 0.0476. The summed E-state index contributed by atoms with van der Waals surface area (Å²) in [5, 5.41) is 10.8. The second-order valence-corrected chi connectivity index (χ2v) is 8.02. The van der Waals surface area contributed by atoms with E-state index in [9.17, 15) is 9.90 Å². The molecule has 3 aliphatic rings. The summed E-state index contributed by atoms with van der Waals surface area (Å²) < 4.78 is 5.66. The minimum atomic E-state index is -0.603. The molecule has 1 N–H and O–H groups in total. The molecule has 4 nitrogen and oxygen atoms in total. The van der Waals surface area contributed by atoms with Gasteiger partial charge in [-0.05, 0) is 38.8 Å². The first-order valence-electron chi connectivity index (χ1n) is 8.22. The van der Waals surface area contributed by atoms with Gasteiger partial charge in [0.1, 0.15) is 5.60 Å². The van der Waals surface area contributed by atoms with E-state index in [2.05, 4.69) is 19.1 Å². The number of ether oxygens (including phenoxy) is 1. The second kappa shape index (κ2) is 4.18. The normalized spacial score (nSPS) is 37.0. The van der Waals surface area contributed by atoms with Crippen molar-refractivity contribution in [3.05, 3.63) is 42.0 Å². The molecule has 4 heteroatoms. The predicted octanol–water partition coefficient (Wildman–Crippen LogP) is 3.39. The number of nitrogens with zero attached hydrogens (tertiary/aromatic N) is 1. The van der Waals surface area contributed by atoms with Crippen LogP contribution < -0.4 is 4.90 Å². The second-order valence-electron chi connectivity index (χ2n) is 8.02. The van der Waals surface area contributed by atoms with Crippen LogP contribution in [-0.2, 0) is 10.2 Å². The smallest absolute Gasteiger partial charge is 0.415 e. The fourth-order valence-electron chi connectivity index (χ4n) is 4.85. The van der Waals surface area contributed by atoms with Crippen LogP contribution in [0.25, 0.3) is 0 Å². The fraction of sp³-hybridized carbons (Fsp3) is 0.526. The maximum Gasteiger partial charge on any atom is 0.415 e. The Morgan fingerprint density at radius 2 is 2.04 bits per heavy atom. The van der Waals surface area contributed by atoms with Crippen LogP contribution in [-0.4, -0.2) is 28.4 Å². The third kappa shape index (κ3) is 1.57. The third-order valence-corrected chi connectivity index (χ3v) is 5.69. The molecule has 0 aromatic heterocycles. The summed E-state index contributed by atoms with van der Waals surface area (Å²) in [6, 6.07) is 7.95. The highest BCUT2D eigenvalue weighted by molar-refractivity contribution is 5.98. The highest BCUT2D eigenvalue weighted by Crippen LogP contribution is 2.75. The fourth-order valence-corrected chi connectivity index (χ4v) is 4.85. The van der Waals surface area contributed by atoms with Gasteiger partial charge in [0.05, 0.1) is 17.3 Å². The zero-order valence-corrected chi connectivity index (χ0v) is 14.0. The van der Waals surface area contributed by atoms with E-state index in [1.54, 1.807) is 4.90 Å². The van der Waals surface area contributed by atoms with Gasteiger partial charge < -0.3 is 9.84 Å². The summed E-state index contributed by atoms with van der Waals surface area (Å²) in [6.07, 6.45) is 3.80. The van der Waals surface area contributed by atoms with E-state index in [4.69, 9.17) is 4.74 Å². The topological polar surface area (TPSA) is 49.8 Å². The molecular formula is C19H23NO3. The number of hydrogen-bond donors (Lipinski definition) is 1. The Morgan fingerprint density at radius 3 is 2.74 bits per heavy atom. The van der Waals surface area contributed by atoms with Crippen molar-refractivity contribution in [3.63, 3.8) is 0 Å². The molecule has 1 aromatic rings. The first-order chi connectivity index (χ1) is 10.7. The lowest BCUT2D eigenvalue weighted by Gasteiger charge is -2.36. The minimum Gasteiger partial charge on any atom is -0.443 e. The van der Waals surface area contributed by atoms with Crippen molar-refractivity contribution >= 4 is 11.8 Å². The van der Waals surface area contributed by atoms with Crippen LogP contribution in [0.1, 0.15) is 39.7 Å². The van der Waals surface area contributed by atoms with E-state index in [-0.39, 0.29) is 17.4 Å². The molecule has 23 heavy (non-hydrogen) atoms. The molecule has 4 atom stereocenters. The van der Waals surface area contributed by atoms with Gasteiger partial charge in [0.2, 0.25) is 0 Å². The molecule has 0 bridgehead atoms. The van der Waals surface area contributed by atoms with Gasteiger partial charge >= 0.3 is 6.09 Å². The number of benzene rings is 1. The van der Waals surface area contributed by atoms with Crippen molar-refractivity contribution in [2.75, 3.05) is 4.90 Å². The highest BCUT2D eigenvalue weighted by atomic mass is 16.6. The van der Waals surface area contributed by atoms with Crippen molar-refractivity contribution in [3.8, 4) is 0 Å². The Kier molecular flexibility index (Phi) is 2.68. The zero-order valence-electron chi connectivity index (χ0n) is 14.0. The average molecular weight is 313 g/mol. The first kappa shape index (κ1) is 14.8. The van der Waals surface area contributed by atoms with Crippen LogP contribution in [0.5, 0.6) is 0 Å². The van der Waals surface area contributed by atoms with Crippen LogP contribution in [0.15, 0.2) is 36.4 Å². The van der Waals surface area contributed by atoms with E-state index < -0.39 is 17.2 Å². The maximum atomic E-state index is 13.0. The molecular weight excluding hydrogens is 290 g/mol.